The SMILES string of the molecule is CCCn1nccc1CNC1CCCCC1CC. The van der Waals surface area contributed by atoms with Crippen molar-refractivity contribution in [1.82, 2.24) is 15.1 Å². The zero-order valence-corrected chi connectivity index (χ0v) is 11.9. The van der Waals surface area contributed by atoms with Crippen LogP contribution in [0.3, 0.4) is 0 Å². The van der Waals surface area contributed by atoms with Crippen molar-refractivity contribution < 1.29 is 0 Å². The quantitative estimate of drug-likeness (QED) is 0.838. The van der Waals surface area contributed by atoms with Crippen molar-refractivity contribution in [2.45, 2.75) is 71.5 Å². The smallest absolute Gasteiger partial charge is 0.0522 e. The highest BCUT2D eigenvalue weighted by molar-refractivity contribution is 5.00. The predicted molar refractivity (Wildman–Crippen MR) is 75.4 cm³/mol. The first-order valence-electron chi connectivity index (χ1n) is 7.59. The highest BCUT2D eigenvalue weighted by Gasteiger charge is 2.23. The van der Waals surface area contributed by atoms with Gasteiger partial charge in [0.25, 0.3) is 0 Å². The third-order valence-electron chi connectivity index (χ3n) is 4.22. The van der Waals surface area contributed by atoms with Gasteiger partial charge in [-0.3, -0.25) is 4.68 Å². The van der Waals surface area contributed by atoms with Crippen LogP contribution in [0.2, 0.25) is 0 Å². The molecule has 1 aliphatic carbocycles. The van der Waals surface area contributed by atoms with Gasteiger partial charge in [0.2, 0.25) is 0 Å². The molecule has 1 aromatic heterocycles. The van der Waals surface area contributed by atoms with E-state index in [0.29, 0.717) is 6.04 Å². The van der Waals surface area contributed by atoms with Crippen molar-refractivity contribution in [3.63, 3.8) is 0 Å². The van der Waals surface area contributed by atoms with Crippen LogP contribution in [0, 0.1) is 5.92 Å². The third kappa shape index (κ3) is 3.35. The van der Waals surface area contributed by atoms with E-state index in [2.05, 4.69) is 35.0 Å². The first-order chi connectivity index (χ1) is 8.85. The summed E-state index contributed by atoms with van der Waals surface area (Å²) in [5.74, 6) is 0.876. The van der Waals surface area contributed by atoms with Crippen LogP contribution in [0.25, 0.3) is 0 Å². The molecule has 3 heteroatoms. The molecule has 1 N–H and O–H groups in total. The Hall–Kier alpha value is -0.830. The molecular formula is C15H27N3. The highest BCUT2D eigenvalue weighted by atomic mass is 15.3. The summed E-state index contributed by atoms with van der Waals surface area (Å²) in [5, 5.41) is 8.15. The molecule has 0 amide bonds. The molecule has 0 radical (unpaired) electrons. The lowest BCUT2D eigenvalue weighted by Crippen LogP contribution is -2.38. The minimum absolute atomic E-state index is 0.716. The Morgan fingerprint density at radius 3 is 2.94 bits per heavy atom. The maximum Gasteiger partial charge on any atom is 0.0522 e. The largest absolute Gasteiger partial charge is 0.308 e. The minimum Gasteiger partial charge on any atom is -0.308 e. The Balaban J connectivity index is 1.87. The summed E-state index contributed by atoms with van der Waals surface area (Å²) in [6, 6.07) is 2.86. The molecule has 1 heterocycles. The molecule has 18 heavy (non-hydrogen) atoms. The van der Waals surface area contributed by atoms with Gasteiger partial charge in [0.05, 0.1) is 5.69 Å². The summed E-state index contributed by atoms with van der Waals surface area (Å²) in [5.41, 5.74) is 1.33. The lowest BCUT2D eigenvalue weighted by atomic mass is 9.83. The standard InChI is InChI=1S/C15H27N3/c1-3-11-18-14(9-10-17-18)12-16-15-8-6-5-7-13(15)4-2/h9-10,13,15-16H,3-8,11-12H2,1-2H3. The van der Waals surface area contributed by atoms with Crippen LogP contribution >= 0.6 is 0 Å². The maximum absolute atomic E-state index is 4.39. The van der Waals surface area contributed by atoms with E-state index in [4.69, 9.17) is 0 Å². The lowest BCUT2D eigenvalue weighted by Gasteiger charge is -2.31. The molecule has 3 nitrogen and oxygen atoms in total. The molecule has 0 aliphatic heterocycles. The Morgan fingerprint density at radius 1 is 1.33 bits per heavy atom. The maximum atomic E-state index is 4.39. The molecule has 102 valence electrons. The zero-order chi connectivity index (χ0) is 12.8. The van der Waals surface area contributed by atoms with E-state index in [9.17, 15) is 0 Å². The van der Waals surface area contributed by atoms with Crippen LogP contribution in [0.1, 0.15) is 58.1 Å². The Morgan fingerprint density at radius 2 is 2.17 bits per heavy atom. The first kappa shape index (κ1) is 13.6. The second-order valence-corrected chi connectivity index (χ2v) is 5.49. The van der Waals surface area contributed by atoms with Gasteiger partial charge in [0, 0.05) is 25.3 Å². The van der Waals surface area contributed by atoms with Crippen LogP contribution < -0.4 is 5.32 Å². The fraction of sp³-hybridized carbons (Fsp3) is 0.800. The average Bonchev–Trinajstić information content (AvgIpc) is 2.84. The van der Waals surface area contributed by atoms with Crippen molar-refractivity contribution >= 4 is 0 Å². The van der Waals surface area contributed by atoms with Crippen molar-refractivity contribution in [1.29, 1.82) is 0 Å². The van der Waals surface area contributed by atoms with Gasteiger partial charge in [-0.1, -0.05) is 33.1 Å². The number of nitrogens with one attached hydrogen (secondary N) is 1. The molecule has 2 rings (SSSR count). The van der Waals surface area contributed by atoms with E-state index >= 15 is 0 Å². The average molecular weight is 249 g/mol. The molecule has 0 saturated heterocycles. The van der Waals surface area contributed by atoms with Gasteiger partial charge < -0.3 is 5.32 Å². The van der Waals surface area contributed by atoms with Gasteiger partial charge in [0.1, 0.15) is 0 Å². The van der Waals surface area contributed by atoms with Crippen molar-refractivity contribution in [2.75, 3.05) is 0 Å². The molecule has 1 saturated carbocycles. The number of rotatable bonds is 6. The molecule has 1 aromatic rings. The fourth-order valence-electron chi connectivity index (χ4n) is 3.12. The molecule has 1 aliphatic rings. The summed E-state index contributed by atoms with van der Waals surface area (Å²) >= 11 is 0. The second-order valence-electron chi connectivity index (χ2n) is 5.49. The third-order valence-corrected chi connectivity index (χ3v) is 4.22. The summed E-state index contributed by atoms with van der Waals surface area (Å²) in [6.45, 7) is 6.53. The minimum atomic E-state index is 0.716. The molecule has 2 unspecified atom stereocenters. The number of hydrogen-bond donors (Lipinski definition) is 1. The topological polar surface area (TPSA) is 29.9 Å². The first-order valence-corrected chi connectivity index (χ1v) is 7.59. The van der Waals surface area contributed by atoms with Crippen LogP contribution in [0.5, 0.6) is 0 Å². The second kappa shape index (κ2) is 6.93. The lowest BCUT2D eigenvalue weighted by molar-refractivity contribution is 0.252. The number of hydrogen-bond acceptors (Lipinski definition) is 2. The Labute approximate surface area is 111 Å². The van der Waals surface area contributed by atoms with E-state index < -0.39 is 0 Å². The molecule has 0 bridgehead atoms. The number of nitrogens with zero attached hydrogens (tertiary/aromatic N) is 2. The van der Waals surface area contributed by atoms with Gasteiger partial charge in [0.15, 0.2) is 0 Å². The summed E-state index contributed by atoms with van der Waals surface area (Å²) < 4.78 is 2.14. The number of aromatic nitrogens is 2. The van der Waals surface area contributed by atoms with Crippen LogP contribution in [-0.4, -0.2) is 15.8 Å². The zero-order valence-electron chi connectivity index (χ0n) is 11.9. The summed E-state index contributed by atoms with van der Waals surface area (Å²) in [6.07, 6.45) is 9.95. The monoisotopic (exact) mass is 249 g/mol. The predicted octanol–water partition coefficient (Wildman–Crippen LogP) is 3.35. The molecule has 1 fully saturated rings. The number of aryl methyl sites for hydroxylation is 1. The fourth-order valence-corrected chi connectivity index (χ4v) is 3.12. The van der Waals surface area contributed by atoms with Crippen molar-refractivity contribution in [3.8, 4) is 0 Å². The Bertz CT molecular complexity index is 345. The molecule has 0 aromatic carbocycles. The molecule has 0 spiro atoms. The van der Waals surface area contributed by atoms with E-state index in [1.165, 1.54) is 37.8 Å². The highest BCUT2D eigenvalue weighted by Crippen LogP contribution is 2.26. The van der Waals surface area contributed by atoms with Crippen molar-refractivity contribution in [3.05, 3.63) is 18.0 Å². The Kier molecular flexibility index (Phi) is 5.24. The van der Waals surface area contributed by atoms with Gasteiger partial charge >= 0.3 is 0 Å². The van der Waals surface area contributed by atoms with E-state index in [1.807, 2.05) is 6.20 Å². The molecule has 2 atom stereocenters. The van der Waals surface area contributed by atoms with Gasteiger partial charge in [-0.25, -0.2) is 0 Å². The van der Waals surface area contributed by atoms with Gasteiger partial charge in [-0.05, 0) is 31.2 Å². The summed E-state index contributed by atoms with van der Waals surface area (Å²) in [7, 11) is 0. The van der Waals surface area contributed by atoms with Gasteiger partial charge in [-0.2, -0.15) is 5.10 Å². The van der Waals surface area contributed by atoms with Crippen LogP contribution in [-0.2, 0) is 13.1 Å². The summed E-state index contributed by atoms with van der Waals surface area (Å²) in [4.78, 5) is 0. The van der Waals surface area contributed by atoms with E-state index in [-0.39, 0.29) is 0 Å². The molecular weight excluding hydrogens is 222 g/mol. The van der Waals surface area contributed by atoms with Crippen LogP contribution in [0.4, 0.5) is 0 Å². The van der Waals surface area contributed by atoms with Crippen molar-refractivity contribution in [2.24, 2.45) is 5.92 Å². The van der Waals surface area contributed by atoms with Gasteiger partial charge in [-0.15, -0.1) is 0 Å². The normalized spacial score (nSPS) is 24.3. The van der Waals surface area contributed by atoms with E-state index in [0.717, 1.165) is 25.4 Å². The van der Waals surface area contributed by atoms with E-state index in [1.54, 1.807) is 0 Å². The van der Waals surface area contributed by atoms with Crippen LogP contribution in [0.15, 0.2) is 12.3 Å².